The molecular formula is C12H18N4O2. The number of hydrogen-bond donors (Lipinski definition) is 2. The Morgan fingerprint density at radius 2 is 2.28 bits per heavy atom. The Labute approximate surface area is 106 Å². The molecule has 2 unspecified atom stereocenters. The molecule has 1 saturated heterocycles. The van der Waals surface area contributed by atoms with E-state index in [0.29, 0.717) is 5.69 Å². The lowest BCUT2D eigenvalue weighted by Gasteiger charge is -2.34. The number of anilines is 1. The number of piperidine rings is 1. The highest BCUT2D eigenvalue weighted by Crippen LogP contribution is 2.21. The molecule has 2 rings (SSSR count). The quantitative estimate of drug-likeness (QED) is 0.775. The fraction of sp³-hybridized carbons (Fsp3) is 0.583. The Hall–Kier alpha value is -1.69. The largest absolute Gasteiger partial charge is 0.393 e. The summed E-state index contributed by atoms with van der Waals surface area (Å²) in [6.07, 6.45) is 0.499. The van der Waals surface area contributed by atoms with Gasteiger partial charge in [0.15, 0.2) is 11.5 Å². The van der Waals surface area contributed by atoms with Gasteiger partial charge >= 0.3 is 0 Å². The zero-order chi connectivity index (χ0) is 13.1. The lowest BCUT2D eigenvalue weighted by Crippen LogP contribution is -2.42. The lowest BCUT2D eigenvalue weighted by atomic mass is 9.97. The third kappa shape index (κ3) is 2.59. The van der Waals surface area contributed by atoms with Gasteiger partial charge in [-0.1, -0.05) is 6.92 Å². The number of hydrogen-bond acceptors (Lipinski definition) is 5. The van der Waals surface area contributed by atoms with Crippen molar-refractivity contribution in [2.75, 3.05) is 25.0 Å². The van der Waals surface area contributed by atoms with E-state index in [1.54, 1.807) is 19.2 Å². The molecule has 0 saturated carbocycles. The maximum atomic E-state index is 11.3. The van der Waals surface area contributed by atoms with E-state index >= 15 is 0 Å². The average molecular weight is 250 g/mol. The summed E-state index contributed by atoms with van der Waals surface area (Å²) < 4.78 is 0. The molecule has 0 aromatic carbocycles. The predicted octanol–water partition coefficient (Wildman–Crippen LogP) is 0.0433. The topological polar surface area (TPSA) is 78.4 Å². The summed E-state index contributed by atoms with van der Waals surface area (Å²) in [6, 6.07) is 3.46. The average Bonchev–Trinajstić information content (AvgIpc) is 2.41. The highest BCUT2D eigenvalue weighted by molar-refractivity contribution is 5.91. The summed E-state index contributed by atoms with van der Waals surface area (Å²) in [5, 5.41) is 20.1. The van der Waals surface area contributed by atoms with Crippen LogP contribution in [-0.2, 0) is 0 Å². The van der Waals surface area contributed by atoms with Crippen molar-refractivity contribution in [2.45, 2.75) is 19.4 Å². The summed E-state index contributed by atoms with van der Waals surface area (Å²) in [6.45, 7) is 3.54. The van der Waals surface area contributed by atoms with Crippen LogP contribution in [0.25, 0.3) is 0 Å². The second-order valence-electron chi connectivity index (χ2n) is 4.64. The normalized spacial score (nSPS) is 23.8. The van der Waals surface area contributed by atoms with Crippen LogP contribution in [0.1, 0.15) is 23.8 Å². The van der Waals surface area contributed by atoms with Crippen LogP contribution in [0.2, 0.25) is 0 Å². The van der Waals surface area contributed by atoms with Crippen molar-refractivity contribution in [3.8, 4) is 0 Å². The smallest absolute Gasteiger partial charge is 0.271 e. The van der Waals surface area contributed by atoms with Gasteiger partial charge in [-0.3, -0.25) is 4.79 Å². The van der Waals surface area contributed by atoms with Gasteiger partial charge in [-0.25, -0.2) is 0 Å². The fourth-order valence-electron chi connectivity index (χ4n) is 2.08. The van der Waals surface area contributed by atoms with E-state index in [1.165, 1.54) is 0 Å². The van der Waals surface area contributed by atoms with Crippen molar-refractivity contribution < 1.29 is 9.90 Å². The number of nitrogens with one attached hydrogen (secondary N) is 1. The number of amides is 1. The van der Waals surface area contributed by atoms with E-state index in [-0.39, 0.29) is 17.9 Å². The molecule has 6 nitrogen and oxygen atoms in total. The highest BCUT2D eigenvalue weighted by Gasteiger charge is 2.25. The fourth-order valence-corrected chi connectivity index (χ4v) is 2.08. The predicted molar refractivity (Wildman–Crippen MR) is 67.4 cm³/mol. The van der Waals surface area contributed by atoms with Gasteiger partial charge in [-0.05, 0) is 24.5 Å². The second kappa shape index (κ2) is 5.30. The summed E-state index contributed by atoms with van der Waals surface area (Å²) in [5.41, 5.74) is 0.311. The molecule has 1 aliphatic heterocycles. The van der Waals surface area contributed by atoms with Crippen molar-refractivity contribution in [1.82, 2.24) is 15.5 Å². The summed E-state index contributed by atoms with van der Waals surface area (Å²) in [5.74, 6) is 0.733. The van der Waals surface area contributed by atoms with Gasteiger partial charge in [0.25, 0.3) is 5.91 Å². The molecule has 2 heterocycles. The van der Waals surface area contributed by atoms with Crippen LogP contribution in [0.3, 0.4) is 0 Å². The van der Waals surface area contributed by atoms with Crippen molar-refractivity contribution in [3.63, 3.8) is 0 Å². The summed E-state index contributed by atoms with van der Waals surface area (Å²) in [7, 11) is 1.56. The summed E-state index contributed by atoms with van der Waals surface area (Å²) >= 11 is 0. The molecule has 18 heavy (non-hydrogen) atoms. The van der Waals surface area contributed by atoms with Crippen molar-refractivity contribution in [1.29, 1.82) is 0 Å². The maximum absolute atomic E-state index is 11.3. The molecule has 1 fully saturated rings. The number of nitrogens with zero attached hydrogens (tertiary/aromatic N) is 3. The number of aliphatic hydroxyl groups excluding tert-OH is 1. The zero-order valence-corrected chi connectivity index (χ0v) is 10.6. The SMILES string of the molecule is CNC(=O)c1ccc(N2CCC(O)C(C)C2)nn1. The third-order valence-electron chi connectivity index (χ3n) is 3.29. The first-order valence-electron chi connectivity index (χ1n) is 6.10. The molecule has 1 aromatic rings. The second-order valence-corrected chi connectivity index (χ2v) is 4.64. The van der Waals surface area contributed by atoms with Crippen LogP contribution >= 0.6 is 0 Å². The van der Waals surface area contributed by atoms with Crippen molar-refractivity contribution in [3.05, 3.63) is 17.8 Å². The Morgan fingerprint density at radius 3 is 2.83 bits per heavy atom. The van der Waals surface area contributed by atoms with E-state index in [4.69, 9.17) is 0 Å². The van der Waals surface area contributed by atoms with E-state index in [9.17, 15) is 9.90 Å². The molecule has 1 aliphatic rings. The lowest BCUT2D eigenvalue weighted by molar-refractivity contribution is 0.0957. The maximum Gasteiger partial charge on any atom is 0.271 e. The van der Waals surface area contributed by atoms with E-state index in [2.05, 4.69) is 20.4 Å². The van der Waals surface area contributed by atoms with Gasteiger partial charge in [0.2, 0.25) is 0 Å². The molecular weight excluding hydrogens is 232 g/mol. The van der Waals surface area contributed by atoms with Gasteiger partial charge in [0, 0.05) is 20.1 Å². The number of carbonyl (C=O) groups excluding carboxylic acids is 1. The van der Waals surface area contributed by atoms with Crippen LogP contribution in [0.5, 0.6) is 0 Å². The van der Waals surface area contributed by atoms with Crippen molar-refractivity contribution >= 4 is 11.7 Å². The van der Waals surface area contributed by atoms with Crippen LogP contribution in [0.15, 0.2) is 12.1 Å². The van der Waals surface area contributed by atoms with Gasteiger partial charge in [0.1, 0.15) is 0 Å². The minimum Gasteiger partial charge on any atom is -0.393 e. The van der Waals surface area contributed by atoms with Gasteiger partial charge < -0.3 is 15.3 Å². The molecule has 6 heteroatoms. The third-order valence-corrected chi connectivity index (χ3v) is 3.29. The van der Waals surface area contributed by atoms with Crippen LogP contribution in [0.4, 0.5) is 5.82 Å². The molecule has 0 radical (unpaired) electrons. The van der Waals surface area contributed by atoms with Gasteiger partial charge in [-0.2, -0.15) is 0 Å². The molecule has 0 spiro atoms. The number of aliphatic hydroxyl groups is 1. The monoisotopic (exact) mass is 250 g/mol. The molecule has 98 valence electrons. The first-order valence-corrected chi connectivity index (χ1v) is 6.10. The zero-order valence-electron chi connectivity index (χ0n) is 10.6. The van der Waals surface area contributed by atoms with E-state index in [1.807, 2.05) is 6.92 Å². The molecule has 2 N–H and O–H groups in total. The Bertz CT molecular complexity index is 421. The number of carbonyl (C=O) groups is 1. The molecule has 0 aliphatic carbocycles. The van der Waals surface area contributed by atoms with Gasteiger partial charge in [-0.15, -0.1) is 10.2 Å². The highest BCUT2D eigenvalue weighted by atomic mass is 16.3. The number of rotatable bonds is 2. The van der Waals surface area contributed by atoms with Crippen LogP contribution in [-0.4, -0.2) is 47.5 Å². The number of aromatic nitrogens is 2. The van der Waals surface area contributed by atoms with Crippen molar-refractivity contribution in [2.24, 2.45) is 5.92 Å². The Morgan fingerprint density at radius 1 is 1.50 bits per heavy atom. The standard InChI is InChI=1S/C12H18N4O2/c1-8-7-16(6-5-10(8)17)11-4-3-9(14-15-11)12(18)13-2/h3-4,8,10,17H,5-7H2,1-2H3,(H,13,18). The minimum atomic E-state index is -0.239. The first kappa shape index (κ1) is 12.8. The molecule has 1 aromatic heterocycles. The van der Waals surface area contributed by atoms with Crippen LogP contribution in [0, 0.1) is 5.92 Å². The van der Waals surface area contributed by atoms with E-state index in [0.717, 1.165) is 25.3 Å². The van der Waals surface area contributed by atoms with Gasteiger partial charge in [0.05, 0.1) is 6.10 Å². The molecule has 1 amide bonds. The molecule has 2 atom stereocenters. The van der Waals surface area contributed by atoms with E-state index < -0.39 is 0 Å². The Balaban J connectivity index is 2.08. The van der Waals surface area contributed by atoms with Crippen LogP contribution < -0.4 is 10.2 Å². The minimum absolute atomic E-state index is 0.221. The Kier molecular flexibility index (Phi) is 3.76. The first-order chi connectivity index (χ1) is 8.61. The summed E-state index contributed by atoms with van der Waals surface area (Å²) in [4.78, 5) is 13.4. The molecule has 0 bridgehead atoms.